The number of aromatic amines is 1. The lowest BCUT2D eigenvalue weighted by Crippen LogP contribution is -2.69. The van der Waals surface area contributed by atoms with E-state index in [0.29, 0.717) is 42.3 Å². The van der Waals surface area contributed by atoms with Gasteiger partial charge in [-0.1, -0.05) is 48.1 Å². The Labute approximate surface area is 223 Å². The van der Waals surface area contributed by atoms with E-state index >= 15 is 0 Å². The van der Waals surface area contributed by atoms with Gasteiger partial charge in [0.05, 0.1) is 17.1 Å². The average Bonchev–Trinajstić information content (AvgIpc) is 3.52. The predicted octanol–water partition coefficient (Wildman–Crippen LogP) is 3.69. The first kappa shape index (κ1) is 24.5. The van der Waals surface area contributed by atoms with Gasteiger partial charge >= 0.3 is 11.6 Å². The number of H-pyrrole nitrogens is 1. The summed E-state index contributed by atoms with van der Waals surface area (Å²) < 4.78 is 18.0. The second-order valence-electron chi connectivity index (χ2n) is 11.3. The monoisotopic (exact) mass is 536 g/mol. The van der Waals surface area contributed by atoms with Crippen molar-refractivity contribution < 1.29 is 18.5 Å². The van der Waals surface area contributed by atoms with E-state index in [1.54, 1.807) is 27.7 Å². The van der Waals surface area contributed by atoms with Gasteiger partial charge in [0, 0.05) is 31.3 Å². The third-order valence-electron chi connectivity index (χ3n) is 7.50. The van der Waals surface area contributed by atoms with E-state index < -0.39 is 11.5 Å². The van der Waals surface area contributed by atoms with E-state index in [1.807, 2.05) is 29.4 Å². The first-order valence-electron chi connectivity index (χ1n) is 12.5. The second-order valence-corrected chi connectivity index (χ2v) is 11.7. The molecule has 1 saturated heterocycles. The number of hydrogen-bond acceptors (Lipinski definition) is 4. The fraction of sp³-hybridized carbons (Fsp3) is 0.370. The molecule has 0 spiro atoms. The number of amides is 2. The van der Waals surface area contributed by atoms with Gasteiger partial charge < -0.3 is 4.90 Å². The molecule has 3 aromatic heterocycles. The molecule has 4 aromatic rings. The Bertz CT molecular complexity index is 1650. The van der Waals surface area contributed by atoms with Gasteiger partial charge in [0.15, 0.2) is 6.20 Å². The van der Waals surface area contributed by atoms with Crippen molar-refractivity contribution >= 4 is 29.1 Å². The van der Waals surface area contributed by atoms with Crippen molar-refractivity contribution in [2.24, 2.45) is 0 Å². The molecule has 11 heteroatoms. The van der Waals surface area contributed by atoms with Crippen LogP contribution in [0.5, 0.6) is 0 Å². The smallest absolute Gasteiger partial charge is 0.313 e. The van der Waals surface area contributed by atoms with Crippen molar-refractivity contribution in [2.75, 3.05) is 19.6 Å². The minimum atomic E-state index is -0.823. The van der Waals surface area contributed by atoms with Crippen molar-refractivity contribution in [1.29, 1.82) is 0 Å². The van der Waals surface area contributed by atoms with E-state index in [1.165, 1.54) is 12.1 Å². The summed E-state index contributed by atoms with van der Waals surface area (Å²) in [4.78, 5) is 30.5. The number of carbonyl (C=O) groups excluding carboxylic acids is 2. The molecular weight excluding hydrogens is 509 g/mol. The normalized spacial score (nSPS) is 19.3. The fourth-order valence-electron chi connectivity index (χ4n) is 5.60. The first-order chi connectivity index (χ1) is 17.9. The molecule has 2 amide bonds. The van der Waals surface area contributed by atoms with Crippen LogP contribution in [0, 0.1) is 12.7 Å². The topological polar surface area (TPSA) is 90.5 Å². The molecule has 6 rings (SSSR count). The van der Waals surface area contributed by atoms with Crippen LogP contribution in [0.1, 0.15) is 59.9 Å². The fourth-order valence-corrected chi connectivity index (χ4v) is 5.72. The van der Waals surface area contributed by atoms with Crippen LogP contribution < -0.4 is 4.57 Å². The summed E-state index contributed by atoms with van der Waals surface area (Å²) in [6.45, 7) is 11.2. The molecule has 196 valence electrons. The quantitative estimate of drug-likeness (QED) is 0.396. The molecule has 1 aromatic carbocycles. The second kappa shape index (κ2) is 8.10. The zero-order valence-electron chi connectivity index (χ0n) is 21.8. The molecule has 0 aliphatic carbocycles. The number of rotatable bonds is 2. The number of piperazine rings is 1. The molecule has 1 atom stereocenters. The Morgan fingerprint density at radius 3 is 2.63 bits per heavy atom. The van der Waals surface area contributed by atoms with Crippen molar-refractivity contribution in [2.45, 2.75) is 45.7 Å². The van der Waals surface area contributed by atoms with Gasteiger partial charge in [0.25, 0.3) is 5.91 Å². The Kier molecular flexibility index (Phi) is 5.23. The minimum absolute atomic E-state index is 0.0429. The molecule has 1 N–H and O–H groups in total. The Morgan fingerprint density at radius 1 is 1.21 bits per heavy atom. The summed E-state index contributed by atoms with van der Waals surface area (Å²) in [6.07, 6.45) is 1.73. The summed E-state index contributed by atoms with van der Waals surface area (Å²) >= 11 is 5.91. The highest BCUT2D eigenvalue weighted by molar-refractivity contribution is 6.30. The summed E-state index contributed by atoms with van der Waals surface area (Å²) in [5.74, 6) is -0.814. The standard InChI is InChI=1S/C27H27ClFN7O2/c1-15-10-21(31-30-15)24(37)33-8-9-34-25(38)22-13-35-23(36(22)27(34,5)14-33)17(26(2,3)4)12-20(32-35)16-6-7-18(28)19(29)11-16/h6-7,10-13H,8-9,14H2,1-5H3/p+1. The Balaban J connectivity index is 1.51. The molecule has 5 heterocycles. The number of aryl methyl sites for hydroxylation is 1. The lowest BCUT2D eigenvalue weighted by molar-refractivity contribution is -0.749. The highest BCUT2D eigenvalue weighted by Gasteiger charge is 2.57. The van der Waals surface area contributed by atoms with Crippen LogP contribution >= 0.6 is 11.6 Å². The SMILES string of the molecule is Cc1cc(C(=O)N2CCN3C(=O)c4cn5nc(-c6ccc(Cl)c(F)c6)cc(C(C)(C)C)c5[n+]4C3(C)C2)n[nH]1. The molecule has 0 radical (unpaired) electrons. The summed E-state index contributed by atoms with van der Waals surface area (Å²) in [5.41, 5.74) is 3.34. The van der Waals surface area contributed by atoms with Crippen LogP contribution in [0.4, 0.5) is 4.39 Å². The van der Waals surface area contributed by atoms with Crippen LogP contribution in [0.15, 0.2) is 36.5 Å². The predicted molar refractivity (Wildman–Crippen MR) is 138 cm³/mol. The van der Waals surface area contributed by atoms with Crippen LogP contribution in [0.2, 0.25) is 5.02 Å². The molecule has 9 nitrogen and oxygen atoms in total. The highest BCUT2D eigenvalue weighted by atomic mass is 35.5. The van der Waals surface area contributed by atoms with E-state index in [0.717, 1.165) is 16.9 Å². The summed E-state index contributed by atoms with van der Waals surface area (Å²) in [7, 11) is 0. The maximum Gasteiger partial charge on any atom is 0.313 e. The van der Waals surface area contributed by atoms with Gasteiger partial charge in [0.2, 0.25) is 11.4 Å². The van der Waals surface area contributed by atoms with Gasteiger partial charge in [-0.05, 0) is 36.6 Å². The highest BCUT2D eigenvalue weighted by Crippen LogP contribution is 2.36. The van der Waals surface area contributed by atoms with Gasteiger partial charge in [-0.2, -0.15) is 9.67 Å². The van der Waals surface area contributed by atoms with Crippen LogP contribution in [-0.2, 0) is 11.1 Å². The number of benzene rings is 1. The van der Waals surface area contributed by atoms with Crippen LogP contribution in [-0.4, -0.2) is 61.1 Å². The van der Waals surface area contributed by atoms with E-state index in [-0.39, 0.29) is 22.3 Å². The van der Waals surface area contributed by atoms with Crippen LogP contribution in [0.25, 0.3) is 16.9 Å². The number of carbonyl (C=O) groups is 2. The maximum absolute atomic E-state index is 14.3. The number of nitrogens with zero attached hydrogens (tertiary/aromatic N) is 6. The lowest BCUT2D eigenvalue weighted by Gasteiger charge is -2.42. The average molecular weight is 537 g/mol. The molecular formula is C27H28ClFN7O2+. The first-order valence-corrected chi connectivity index (χ1v) is 12.8. The molecule has 0 bridgehead atoms. The minimum Gasteiger partial charge on any atom is -0.329 e. The Hall–Kier alpha value is -3.79. The summed E-state index contributed by atoms with van der Waals surface area (Å²) in [6, 6.07) is 8.27. The van der Waals surface area contributed by atoms with Crippen molar-refractivity contribution in [3.8, 4) is 11.3 Å². The molecule has 1 fully saturated rings. The Morgan fingerprint density at radius 2 is 1.97 bits per heavy atom. The van der Waals surface area contributed by atoms with E-state index in [2.05, 4.69) is 31.0 Å². The molecule has 2 aliphatic heterocycles. The van der Waals surface area contributed by atoms with Gasteiger partial charge in [0.1, 0.15) is 17.2 Å². The number of halogens is 2. The third-order valence-corrected chi connectivity index (χ3v) is 7.81. The number of aromatic nitrogens is 5. The van der Waals surface area contributed by atoms with Crippen LogP contribution in [0.3, 0.4) is 0 Å². The lowest BCUT2D eigenvalue weighted by atomic mass is 9.87. The van der Waals surface area contributed by atoms with Gasteiger partial charge in [-0.15, -0.1) is 0 Å². The molecule has 38 heavy (non-hydrogen) atoms. The van der Waals surface area contributed by atoms with E-state index in [9.17, 15) is 14.0 Å². The number of fused-ring (bicyclic) bond motifs is 5. The summed E-state index contributed by atoms with van der Waals surface area (Å²) in [5, 5.41) is 11.8. The number of imidazole rings is 1. The largest absolute Gasteiger partial charge is 0.329 e. The third kappa shape index (κ3) is 3.53. The molecule has 0 saturated carbocycles. The van der Waals surface area contributed by atoms with Crippen molar-refractivity contribution in [3.63, 3.8) is 0 Å². The van der Waals surface area contributed by atoms with Crippen molar-refractivity contribution in [1.82, 2.24) is 29.6 Å². The molecule has 2 aliphatic rings. The van der Waals surface area contributed by atoms with E-state index in [4.69, 9.17) is 16.7 Å². The number of nitrogens with one attached hydrogen (secondary N) is 1. The number of hydrogen-bond donors (Lipinski definition) is 1. The zero-order chi connectivity index (χ0) is 27.1. The molecule has 1 unspecified atom stereocenters. The van der Waals surface area contributed by atoms with Gasteiger partial charge in [-0.25, -0.2) is 4.39 Å². The maximum atomic E-state index is 14.3. The van der Waals surface area contributed by atoms with Gasteiger partial charge in [-0.3, -0.25) is 19.6 Å². The zero-order valence-corrected chi connectivity index (χ0v) is 22.6. The van der Waals surface area contributed by atoms with Crippen molar-refractivity contribution in [3.05, 3.63) is 70.0 Å².